The lowest BCUT2D eigenvalue weighted by molar-refractivity contribution is -0.141. The molecule has 1 aromatic carbocycles. The summed E-state index contributed by atoms with van der Waals surface area (Å²) in [5, 5.41) is 18.5. The van der Waals surface area contributed by atoms with Crippen LogP contribution in [-0.2, 0) is 11.2 Å². The summed E-state index contributed by atoms with van der Waals surface area (Å²) in [5.41, 5.74) is 2.23. The van der Waals surface area contributed by atoms with Gasteiger partial charge in [0.1, 0.15) is 5.75 Å². The van der Waals surface area contributed by atoms with E-state index in [1.165, 1.54) is 0 Å². The topological polar surface area (TPSA) is 60.8 Å². The molecule has 4 heteroatoms. The fourth-order valence-corrected chi connectivity index (χ4v) is 3.04. The maximum absolute atomic E-state index is 11.0. The number of fused-ring (bicyclic) bond motifs is 3. The number of hydrogen-bond donors (Lipinski definition) is 2. The largest absolute Gasteiger partial charge is 0.508 e. The molecule has 2 atom stereocenters. The van der Waals surface area contributed by atoms with Crippen LogP contribution in [0.2, 0.25) is 0 Å². The maximum Gasteiger partial charge on any atom is 0.308 e. The fourth-order valence-electron chi connectivity index (χ4n) is 3.04. The molecule has 1 fully saturated rings. The second-order valence-electron chi connectivity index (χ2n) is 4.93. The molecule has 0 radical (unpaired) electrons. The molecule has 4 nitrogen and oxygen atoms in total. The number of aromatic hydroxyl groups is 1. The molecule has 2 N–H and O–H groups in total. The normalized spacial score (nSPS) is 26.5. The van der Waals surface area contributed by atoms with Crippen molar-refractivity contribution in [2.24, 2.45) is 5.92 Å². The molecule has 17 heavy (non-hydrogen) atoms. The molecule has 2 aliphatic heterocycles. The summed E-state index contributed by atoms with van der Waals surface area (Å²) in [6.45, 7) is 0.595. The van der Waals surface area contributed by atoms with Gasteiger partial charge in [0.2, 0.25) is 0 Å². The summed E-state index contributed by atoms with van der Waals surface area (Å²) in [7, 11) is 0. The van der Waals surface area contributed by atoms with E-state index in [2.05, 4.69) is 4.90 Å². The highest BCUT2D eigenvalue weighted by molar-refractivity contribution is 5.73. The average Bonchev–Trinajstić information content (AvgIpc) is 2.72. The average molecular weight is 233 g/mol. The van der Waals surface area contributed by atoms with E-state index < -0.39 is 5.97 Å². The first-order valence-electron chi connectivity index (χ1n) is 5.96. The van der Waals surface area contributed by atoms with Crippen LogP contribution in [0.1, 0.15) is 18.4 Å². The summed E-state index contributed by atoms with van der Waals surface area (Å²) >= 11 is 0. The molecule has 2 aliphatic rings. The van der Waals surface area contributed by atoms with E-state index in [1.807, 2.05) is 6.07 Å². The van der Waals surface area contributed by atoms with Crippen LogP contribution in [0.4, 0.5) is 5.69 Å². The SMILES string of the molecule is O=C(O)C1CC2CCc3cc(O)ccc3N2C1. The van der Waals surface area contributed by atoms with Crippen molar-refractivity contribution in [1.29, 1.82) is 0 Å². The molecular formula is C13H15NO3. The molecule has 0 amide bonds. The van der Waals surface area contributed by atoms with E-state index in [-0.39, 0.29) is 11.7 Å². The zero-order chi connectivity index (χ0) is 12.0. The summed E-state index contributed by atoms with van der Waals surface area (Å²) in [6.07, 6.45) is 2.66. The zero-order valence-electron chi connectivity index (χ0n) is 9.47. The van der Waals surface area contributed by atoms with Crippen molar-refractivity contribution < 1.29 is 15.0 Å². The number of hydrogen-bond acceptors (Lipinski definition) is 3. The first-order valence-corrected chi connectivity index (χ1v) is 5.96. The molecule has 1 saturated heterocycles. The predicted octanol–water partition coefficient (Wildman–Crippen LogP) is 1.62. The third-order valence-electron chi connectivity index (χ3n) is 3.88. The highest BCUT2D eigenvalue weighted by Crippen LogP contribution is 2.39. The Morgan fingerprint density at radius 2 is 2.24 bits per heavy atom. The number of carboxylic acids is 1. The molecule has 2 heterocycles. The minimum Gasteiger partial charge on any atom is -0.508 e. The minimum atomic E-state index is -0.695. The lowest BCUT2D eigenvalue weighted by atomic mass is 9.95. The molecule has 0 spiro atoms. The number of phenols is 1. The van der Waals surface area contributed by atoms with Gasteiger partial charge in [0.15, 0.2) is 0 Å². The van der Waals surface area contributed by atoms with Crippen molar-refractivity contribution in [1.82, 2.24) is 0 Å². The third-order valence-corrected chi connectivity index (χ3v) is 3.88. The van der Waals surface area contributed by atoms with Gasteiger partial charge in [0.05, 0.1) is 5.92 Å². The molecule has 0 bridgehead atoms. The van der Waals surface area contributed by atoms with E-state index in [0.717, 1.165) is 30.5 Å². The Bertz CT molecular complexity index is 472. The van der Waals surface area contributed by atoms with Crippen LogP contribution in [0.3, 0.4) is 0 Å². The summed E-state index contributed by atoms with van der Waals surface area (Å²) in [5.74, 6) is -0.657. The lowest BCUT2D eigenvalue weighted by Gasteiger charge is -2.33. The molecule has 90 valence electrons. The van der Waals surface area contributed by atoms with Gasteiger partial charge in [-0.05, 0) is 43.0 Å². The molecule has 2 unspecified atom stereocenters. The Balaban J connectivity index is 1.94. The molecule has 1 aromatic rings. The Hall–Kier alpha value is -1.71. The van der Waals surface area contributed by atoms with Crippen molar-refractivity contribution in [3.8, 4) is 5.75 Å². The van der Waals surface area contributed by atoms with Crippen molar-refractivity contribution in [3.05, 3.63) is 23.8 Å². The van der Waals surface area contributed by atoms with Gasteiger partial charge < -0.3 is 15.1 Å². The van der Waals surface area contributed by atoms with Crippen LogP contribution in [0.5, 0.6) is 5.75 Å². The lowest BCUT2D eigenvalue weighted by Crippen LogP contribution is -2.34. The van der Waals surface area contributed by atoms with Crippen LogP contribution in [0, 0.1) is 5.92 Å². The van der Waals surface area contributed by atoms with Crippen LogP contribution in [0.15, 0.2) is 18.2 Å². The van der Waals surface area contributed by atoms with Crippen LogP contribution < -0.4 is 4.90 Å². The quantitative estimate of drug-likeness (QED) is 0.773. The molecule has 0 aliphatic carbocycles. The van der Waals surface area contributed by atoms with E-state index in [9.17, 15) is 9.90 Å². The second-order valence-corrected chi connectivity index (χ2v) is 4.93. The van der Waals surface area contributed by atoms with Crippen LogP contribution >= 0.6 is 0 Å². The van der Waals surface area contributed by atoms with Crippen molar-refractivity contribution in [3.63, 3.8) is 0 Å². The highest BCUT2D eigenvalue weighted by Gasteiger charge is 2.38. The number of phenolic OH excluding ortho intramolecular Hbond substituents is 1. The number of carboxylic acid groups (broad SMARTS) is 1. The number of rotatable bonds is 1. The number of nitrogens with zero attached hydrogens (tertiary/aromatic N) is 1. The second kappa shape index (κ2) is 3.65. The molecular weight excluding hydrogens is 218 g/mol. The summed E-state index contributed by atoms with van der Waals surface area (Å²) in [6, 6.07) is 5.73. The van der Waals surface area contributed by atoms with E-state index in [0.29, 0.717) is 12.6 Å². The summed E-state index contributed by atoms with van der Waals surface area (Å²) in [4.78, 5) is 13.2. The number of aryl methyl sites for hydroxylation is 1. The maximum atomic E-state index is 11.0. The third kappa shape index (κ3) is 1.64. The van der Waals surface area contributed by atoms with Gasteiger partial charge in [0, 0.05) is 18.3 Å². The standard InChI is InChI=1S/C13H15NO3/c15-11-3-4-12-8(6-11)1-2-10-5-9(13(16)17)7-14(10)12/h3-4,6,9-10,15H,1-2,5,7H2,(H,16,17). The zero-order valence-corrected chi connectivity index (χ0v) is 9.47. The van der Waals surface area contributed by atoms with Gasteiger partial charge >= 0.3 is 5.97 Å². The van der Waals surface area contributed by atoms with Gasteiger partial charge in [-0.25, -0.2) is 0 Å². The van der Waals surface area contributed by atoms with Crippen molar-refractivity contribution in [2.75, 3.05) is 11.4 Å². The molecule has 3 rings (SSSR count). The summed E-state index contributed by atoms with van der Waals surface area (Å²) < 4.78 is 0. The smallest absolute Gasteiger partial charge is 0.308 e. The Kier molecular flexibility index (Phi) is 2.24. The van der Waals surface area contributed by atoms with E-state index >= 15 is 0 Å². The molecule has 0 aromatic heterocycles. The monoisotopic (exact) mass is 233 g/mol. The number of benzene rings is 1. The van der Waals surface area contributed by atoms with Gasteiger partial charge in [-0.1, -0.05) is 0 Å². The number of anilines is 1. The van der Waals surface area contributed by atoms with Crippen molar-refractivity contribution in [2.45, 2.75) is 25.3 Å². The fraction of sp³-hybridized carbons (Fsp3) is 0.462. The Morgan fingerprint density at radius 1 is 1.41 bits per heavy atom. The number of aliphatic carboxylic acids is 1. The highest BCUT2D eigenvalue weighted by atomic mass is 16.4. The minimum absolute atomic E-state index is 0.250. The predicted molar refractivity (Wildman–Crippen MR) is 63.3 cm³/mol. The van der Waals surface area contributed by atoms with Crippen LogP contribution in [-0.4, -0.2) is 28.8 Å². The number of carbonyl (C=O) groups is 1. The van der Waals surface area contributed by atoms with Gasteiger partial charge in [-0.2, -0.15) is 0 Å². The van der Waals surface area contributed by atoms with Gasteiger partial charge in [0.25, 0.3) is 0 Å². The Morgan fingerprint density at radius 3 is 3.00 bits per heavy atom. The first kappa shape index (κ1) is 10.4. The van der Waals surface area contributed by atoms with E-state index in [1.54, 1.807) is 12.1 Å². The van der Waals surface area contributed by atoms with Gasteiger partial charge in [-0.3, -0.25) is 4.79 Å². The van der Waals surface area contributed by atoms with Crippen molar-refractivity contribution >= 4 is 11.7 Å². The molecule has 0 saturated carbocycles. The van der Waals surface area contributed by atoms with Crippen LogP contribution in [0.25, 0.3) is 0 Å². The Labute approximate surface area is 99.5 Å². The van der Waals surface area contributed by atoms with E-state index in [4.69, 9.17) is 5.11 Å². The first-order chi connectivity index (χ1) is 8.15. The van der Waals surface area contributed by atoms with Gasteiger partial charge in [-0.15, -0.1) is 0 Å².